The molecular formula is C20H19F3N4O4S. The topological polar surface area (TPSA) is 102 Å². The fourth-order valence-electron chi connectivity index (χ4n) is 2.93. The fourth-order valence-corrected chi connectivity index (χ4v) is 3.73. The molecule has 8 nitrogen and oxygen atoms in total. The predicted octanol–water partition coefficient (Wildman–Crippen LogP) is 3.47. The molecule has 0 saturated carbocycles. The first kappa shape index (κ1) is 23.4. The summed E-state index contributed by atoms with van der Waals surface area (Å²) >= 11 is 0.851. The number of hydrogen-bond acceptors (Lipinski definition) is 7. The van der Waals surface area contributed by atoms with Crippen LogP contribution in [-0.2, 0) is 15.7 Å². The number of urea groups is 1. The molecular weight excluding hydrogens is 449 g/mol. The van der Waals surface area contributed by atoms with Crippen LogP contribution in [0.3, 0.4) is 0 Å². The quantitative estimate of drug-likeness (QED) is 0.364. The van der Waals surface area contributed by atoms with E-state index < -0.39 is 29.9 Å². The number of nitrogens with one attached hydrogen (secondary N) is 2. The van der Waals surface area contributed by atoms with E-state index in [0.717, 1.165) is 24.0 Å². The van der Waals surface area contributed by atoms with Crippen LogP contribution in [0.25, 0.3) is 0 Å². The lowest BCUT2D eigenvalue weighted by atomic mass is 9.95. The van der Waals surface area contributed by atoms with E-state index in [-0.39, 0.29) is 28.8 Å². The first-order chi connectivity index (χ1) is 15.2. The molecule has 0 unspecified atom stereocenters. The second kappa shape index (κ2) is 9.90. The second-order valence-corrected chi connectivity index (χ2v) is 7.37. The van der Waals surface area contributed by atoms with Crippen molar-refractivity contribution in [3.63, 3.8) is 0 Å². The molecule has 0 radical (unpaired) electrons. The number of aromatic nitrogens is 2. The number of thioether (sulfide) groups is 1. The summed E-state index contributed by atoms with van der Waals surface area (Å²) in [6.07, 6.45) is -3.62. The highest BCUT2D eigenvalue weighted by atomic mass is 32.2. The van der Waals surface area contributed by atoms with Crippen LogP contribution in [0.15, 0.2) is 53.0 Å². The molecule has 0 aliphatic carbocycles. The van der Waals surface area contributed by atoms with Gasteiger partial charge in [-0.3, -0.25) is 0 Å². The summed E-state index contributed by atoms with van der Waals surface area (Å²) in [5.41, 5.74) is -0.156. The van der Waals surface area contributed by atoms with Gasteiger partial charge >= 0.3 is 18.2 Å². The molecule has 2 N–H and O–H groups in total. The second-order valence-electron chi connectivity index (χ2n) is 6.43. The molecule has 0 bridgehead atoms. The van der Waals surface area contributed by atoms with Crippen LogP contribution in [0.5, 0.6) is 5.75 Å². The van der Waals surface area contributed by atoms with Crippen LogP contribution in [0.2, 0.25) is 0 Å². The zero-order chi connectivity index (χ0) is 23.3. The maximum absolute atomic E-state index is 12.9. The third kappa shape index (κ3) is 5.49. The smallest absolute Gasteiger partial charge is 0.433 e. The zero-order valence-electron chi connectivity index (χ0n) is 17.0. The third-order valence-electron chi connectivity index (χ3n) is 4.37. The highest BCUT2D eigenvalue weighted by Crippen LogP contribution is 2.32. The lowest BCUT2D eigenvalue weighted by Crippen LogP contribution is -2.46. The monoisotopic (exact) mass is 468 g/mol. The molecule has 12 heteroatoms. The van der Waals surface area contributed by atoms with Crippen LogP contribution in [-0.4, -0.2) is 41.4 Å². The largest absolute Gasteiger partial charge is 0.497 e. The van der Waals surface area contributed by atoms with Gasteiger partial charge in [0.15, 0.2) is 5.16 Å². The Labute approximate surface area is 185 Å². The van der Waals surface area contributed by atoms with Crippen molar-refractivity contribution in [2.75, 3.05) is 19.5 Å². The maximum Gasteiger partial charge on any atom is 0.433 e. The molecule has 2 amide bonds. The Morgan fingerprint density at radius 2 is 1.94 bits per heavy atom. The number of nitrogens with zero attached hydrogens (tertiary/aromatic N) is 2. The van der Waals surface area contributed by atoms with Crippen molar-refractivity contribution < 1.29 is 32.2 Å². The van der Waals surface area contributed by atoms with Crippen molar-refractivity contribution in [2.24, 2.45) is 0 Å². The molecule has 2 aromatic rings. The summed E-state index contributed by atoms with van der Waals surface area (Å²) in [4.78, 5) is 32.3. The van der Waals surface area contributed by atoms with Gasteiger partial charge < -0.3 is 20.1 Å². The maximum atomic E-state index is 12.9. The van der Waals surface area contributed by atoms with E-state index in [1.54, 1.807) is 31.2 Å². The first-order valence-corrected chi connectivity index (χ1v) is 10.4. The van der Waals surface area contributed by atoms with Gasteiger partial charge in [-0.1, -0.05) is 23.9 Å². The van der Waals surface area contributed by atoms with Crippen LogP contribution in [0.1, 0.15) is 24.2 Å². The normalized spacial score (nSPS) is 16.3. The van der Waals surface area contributed by atoms with E-state index in [0.29, 0.717) is 11.3 Å². The van der Waals surface area contributed by atoms with Gasteiger partial charge in [-0.25, -0.2) is 19.6 Å². The number of hydrogen-bond donors (Lipinski definition) is 2. The Hall–Kier alpha value is -3.28. The zero-order valence-corrected chi connectivity index (χ0v) is 17.8. The molecule has 1 aromatic heterocycles. The molecule has 3 rings (SSSR count). The average molecular weight is 468 g/mol. The summed E-state index contributed by atoms with van der Waals surface area (Å²) in [6.45, 7) is 1.74. The molecule has 1 atom stereocenters. The lowest BCUT2D eigenvalue weighted by molar-refractivity contribution is -0.141. The van der Waals surface area contributed by atoms with E-state index in [4.69, 9.17) is 9.47 Å². The Morgan fingerprint density at radius 3 is 2.56 bits per heavy atom. The Balaban J connectivity index is 1.94. The van der Waals surface area contributed by atoms with Gasteiger partial charge in [-0.15, -0.1) is 0 Å². The molecule has 0 fully saturated rings. The first-order valence-electron chi connectivity index (χ1n) is 9.37. The van der Waals surface area contributed by atoms with Crippen molar-refractivity contribution in [3.05, 3.63) is 59.1 Å². The summed E-state index contributed by atoms with van der Waals surface area (Å²) in [7, 11) is 1.51. The molecule has 2 heterocycles. The van der Waals surface area contributed by atoms with Gasteiger partial charge in [0.1, 0.15) is 11.4 Å². The van der Waals surface area contributed by atoms with Gasteiger partial charge in [0.2, 0.25) is 0 Å². The predicted molar refractivity (Wildman–Crippen MR) is 109 cm³/mol. The number of alkyl halides is 3. The standard InChI is InChI=1S/C20H19F3N4O4S/c1-3-31-17(28)15-13(10-32-19-24-9-8-14(26-19)20(21,22)23)25-18(29)27-16(15)11-4-6-12(30-2)7-5-11/h4-9,16H,3,10H2,1-2H3,(H2,25,27,29)/t16-/m0/s1. The highest BCUT2D eigenvalue weighted by Gasteiger charge is 2.35. The van der Waals surface area contributed by atoms with E-state index in [1.807, 2.05) is 0 Å². The van der Waals surface area contributed by atoms with Gasteiger partial charge in [-0.2, -0.15) is 13.2 Å². The van der Waals surface area contributed by atoms with Crippen molar-refractivity contribution in [1.82, 2.24) is 20.6 Å². The minimum atomic E-state index is -4.62. The molecule has 0 saturated heterocycles. The Kier molecular flexibility index (Phi) is 7.23. The van der Waals surface area contributed by atoms with Crippen molar-refractivity contribution in [1.29, 1.82) is 0 Å². The van der Waals surface area contributed by atoms with E-state index >= 15 is 0 Å². The van der Waals surface area contributed by atoms with Gasteiger partial charge in [0, 0.05) is 17.6 Å². The average Bonchev–Trinajstić information content (AvgIpc) is 2.77. The van der Waals surface area contributed by atoms with Crippen LogP contribution >= 0.6 is 11.8 Å². The summed E-state index contributed by atoms with van der Waals surface area (Å²) in [5.74, 6) is -0.134. The number of amides is 2. The van der Waals surface area contributed by atoms with E-state index in [1.165, 1.54) is 7.11 Å². The number of halogens is 3. The number of ether oxygens (including phenoxy) is 2. The SMILES string of the molecule is CCOC(=O)C1=C(CSc2nccc(C(F)(F)F)n2)NC(=O)N[C@H]1c1ccc(OC)cc1. The third-order valence-corrected chi connectivity index (χ3v) is 5.26. The molecule has 32 heavy (non-hydrogen) atoms. The van der Waals surface area contributed by atoms with E-state index in [2.05, 4.69) is 20.6 Å². The van der Waals surface area contributed by atoms with Gasteiger partial charge in [0.25, 0.3) is 0 Å². The molecule has 0 spiro atoms. The van der Waals surface area contributed by atoms with Crippen molar-refractivity contribution in [2.45, 2.75) is 24.3 Å². The minimum absolute atomic E-state index is 0.0600. The van der Waals surface area contributed by atoms with Gasteiger partial charge in [0.05, 0.1) is 25.3 Å². The molecule has 1 aliphatic heterocycles. The number of rotatable bonds is 7. The number of methoxy groups -OCH3 is 1. The fraction of sp³-hybridized carbons (Fsp3) is 0.300. The number of carbonyl (C=O) groups is 2. The lowest BCUT2D eigenvalue weighted by Gasteiger charge is -2.29. The Bertz CT molecular complexity index is 1030. The van der Waals surface area contributed by atoms with Crippen molar-refractivity contribution in [3.8, 4) is 5.75 Å². The Morgan fingerprint density at radius 1 is 1.22 bits per heavy atom. The summed E-state index contributed by atoms with van der Waals surface area (Å²) in [6, 6.07) is 6.10. The van der Waals surface area contributed by atoms with Crippen LogP contribution in [0, 0.1) is 0 Å². The molecule has 170 valence electrons. The summed E-state index contributed by atoms with van der Waals surface area (Å²) in [5, 5.41) is 5.08. The van der Waals surface area contributed by atoms with Crippen LogP contribution in [0.4, 0.5) is 18.0 Å². The molecule has 1 aliphatic rings. The molecule has 1 aromatic carbocycles. The number of esters is 1. The summed E-state index contributed by atoms with van der Waals surface area (Å²) < 4.78 is 49.0. The van der Waals surface area contributed by atoms with E-state index in [9.17, 15) is 22.8 Å². The van der Waals surface area contributed by atoms with Gasteiger partial charge in [-0.05, 0) is 30.7 Å². The number of carbonyl (C=O) groups excluding carboxylic acids is 2. The number of benzene rings is 1. The minimum Gasteiger partial charge on any atom is -0.497 e. The van der Waals surface area contributed by atoms with Crippen LogP contribution < -0.4 is 15.4 Å². The highest BCUT2D eigenvalue weighted by molar-refractivity contribution is 7.99. The van der Waals surface area contributed by atoms with Crippen molar-refractivity contribution >= 4 is 23.8 Å².